The van der Waals surface area contributed by atoms with Crippen LogP contribution in [0.4, 0.5) is 0 Å². The maximum Gasteiger partial charge on any atom is 0.163 e. The van der Waals surface area contributed by atoms with Gasteiger partial charge in [-0.25, -0.2) is 0 Å². The Labute approximate surface area is 89.6 Å². The third kappa shape index (κ3) is 3.06. The van der Waals surface area contributed by atoms with Crippen LogP contribution in [0.1, 0.15) is 19.6 Å². The standard InChI is InChI=1S/C11H17NO3/c1-11(2)14-8-10(15-11)7-12-6-9-4-3-5-13-9/h3-5,10,12H,6-8H2,1-2H3. The van der Waals surface area contributed by atoms with E-state index < -0.39 is 5.79 Å². The zero-order chi connectivity index (χ0) is 10.7. The van der Waals surface area contributed by atoms with Crippen molar-refractivity contribution in [3.63, 3.8) is 0 Å². The molecule has 0 bridgehead atoms. The van der Waals surface area contributed by atoms with E-state index in [1.807, 2.05) is 26.0 Å². The van der Waals surface area contributed by atoms with Gasteiger partial charge in [0.2, 0.25) is 0 Å². The van der Waals surface area contributed by atoms with Crippen molar-refractivity contribution in [2.24, 2.45) is 0 Å². The zero-order valence-corrected chi connectivity index (χ0v) is 9.16. The molecule has 1 saturated heterocycles. The Kier molecular flexibility index (Phi) is 3.09. The Bertz CT molecular complexity index is 295. The van der Waals surface area contributed by atoms with Crippen molar-refractivity contribution < 1.29 is 13.9 Å². The fourth-order valence-corrected chi connectivity index (χ4v) is 1.63. The molecule has 1 N–H and O–H groups in total. The fourth-order valence-electron chi connectivity index (χ4n) is 1.63. The number of nitrogens with one attached hydrogen (secondary N) is 1. The molecule has 0 saturated carbocycles. The van der Waals surface area contributed by atoms with Gasteiger partial charge in [0.05, 0.1) is 25.5 Å². The average Bonchev–Trinajstić information content (AvgIpc) is 2.76. The summed E-state index contributed by atoms with van der Waals surface area (Å²) in [5.41, 5.74) is 0. The van der Waals surface area contributed by atoms with Gasteiger partial charge in [0, 0.05) is 6.54 Å². The summed E-state index contributed by atoms with van der Waals surface area (Å²) in [6.45, 7) is 6.02. The van der Waals surface area contributed by atoms with E-state index in [4.69, 9.17) is 13.9 Å². The van der Waals surface area contributed by atoms with Gasteiger partial charge in [0.15, 0.2) is 5.79 Å². The van der Waals surface area contributed by atoms with Crippen molar-refractivity contribution in [2.75, 3.05) is 13.2 Å². The van der Waals surface area contributed by atoms with E-state index in [9.17, 15) is 0 Å². The van der Waals surface area contributed by atoms with Crippen LogP contribution in [0.2, 0.25) is 0 Å². The molecule has 84 valence electrons. The van der Waals surface area contributed by atoms with E-state index in [1.165, 1.54) is 0 Å². The number of hydrogen-bond donors (Lipinski definition) is 1. The summed E-state index contributed by atoms with van der Waals surface area (Å²) in [6.07, 6.45) is 1.81. The lowest BCUT2D eigenvalue weighted by atomic mass is 10.3. The molecule has 2 rings (SSSR count). The molecule has 0 amide bonds. The molecule has 1 aromatic rings. The van der Waals surface area contributed by atoms with Crippen molar-refractivity contribution in [3.05, 3.63) is 24.2 Å². The summed E-state index contributed by atoms with van der Waals surface area (Å²) in [7, 11) is 0. The predicted octanol–water partition coefficient (Wildman–Crippen LogP) is 1.52. The van der Waals surface area contributed by atoms with E-state index in [-0.39, 0.29) is 6.10 Å². The average molecular weight is 211 g/mol. The first-order chi connectivity index (χ1) is 7.16. The van der Waals surface area contributed by atoms with Gasteiger partial charge in [-0.2, -0.15) is 0 Å². The summed E-state index contributed by atoms with van der Waals surface area (Å²) in [5.74, 6) is 0.505. The van der Waals surface area contributed by atoms with Crippen LogP contribution < -0.4 is 5.32 Å². The molecule has 1 aliphatic rings. The van der Waals surface area contributed by atoms with Crippen LogP contribution >= 0.6 is 0 Å². The van der Waals surface area contributed by atoms with Crippen LogP contribution in [0, 0.1) is 0 Å². The Morgan fingerprint density at radius 2 is 2.40 bits per heavy atom. The van der Waals surface area contributed by atoms with Gasteiger partial charge < -0.3 is 19.2 Å². The molecule has 0 aliphatic carbocycles. The minimum atomic E-state index is -0.434. The van der Waals surface area contributed by atoms with Crippen LogP contribution in [0.25, 0.3) is 0 Å². The highest BCUT2D eigenvalue weighted by atomic mass is 16.7. The Hall–Kier alpha value is -0.840. The van der Waals surface area contributed by atoms with E-state index >= 15 is 0 Å². The summed E-state index contributed by atoms with van der Waals surface area (Å²) in [6, 6.07) is 3.83. The van der Waals surface area contributed by atoms with Gasteiger partial charge in [0.1, 0.15) is 5.76 Å². The van der Waals surface area contributed by atoms with Crippen LogP contribution in [-0.4, -0.2) is 25.0 Å². The van der Waals surface area contributed by atoms with Crippen molar-refractivity contribution in [2.45, 2.75) is 32.3 Å². The molecule has 1 aromatic heterocycles. The molecule has 1 atom stereocenters. The third-order valence-electron chi connectivity index (χ3n) is 2.32. The molecular weight excluding hydrogens is 194 g/mol. The van der Waals surface area contributed by atoms with E-state index in [2.05, 4.69) is 5.32 Å². The smallest absolute Gasteiger partial charge is 0.163 e. The quantitative estimate of drug-likeness (QED) is 0.820. The number of hydrogen-bond acceptors (Lipinski definition) is 4. The lowest BCUT2D eigenvalue weighted by Crippen LogP contribution is -2.30. The molecule has 4 heteroatoms. The summed E-state index contributed by atoms with van der Waals surface area (Å²) in [5, 5.41) is 3.27. The number of furan rings is 1. The second-order valence-corrected chi connectivity index (χ2v) is 4.16. The van der Waals surface area contributed by atoms with Gasteiger partial charge in [0.25, 0.3) is 0 Å². The Morgan fingerprint density at radius 3 is 3.00 bits per heavy atom. The maximum absolute atomic E-state index is 5.65. The van der Waals surface area contributed by atoms with Crippen molar-refractivity contribution in [1.82, 2.24) is 5.32 Å². The molecule has 1 aliphatic heterocycles. The molecule has 0 spiro atoms. The first kappa shape index (κ1) is 10.7. The van der Waals surface area contributed by atoms with Crippen molar-refractivity contribution >= 4 is 0 Å². The summed E-state index contributed by atoms with van der Waals surface area (Å²) >= 11 is 0. The molecule has 1 fully saturated rings. The zero-order valence-electron chi connectivity index (χ0n) is 9.16. The highest BCUT2D eigenvalue weighted by Crippen LogP contribution is 2.21. The lowest BCUT2D eigenvalue weighted by molar-refractivity contribution is -0.137. The predicted molar refractivity (Wildman–Crippen MR) is 55.3 cm³/mol. The first-order valence-corrected chi connectivity index (χ1v) is 5.20. The number of ether oxygens (including phenoxy) is 2. The van der Waals surface area contributed by atoms with Crippen molar-refractivity contribution in [3.8, 4) is 0 Å². The van der Waals surface area contributed by atoms with Crippen LogP contribution in [0.3, 0.4) is 0 Å². The summed E-state index contributed by atoms with van der Waals surface area (Å²) in [4.78, 5) is 0. The molecule has 0 aromatic carbocycles. The molecule has 2 heterocycles. The fraction of sp³-hybridized carbons (Fsp3) is 0.636. The lowest BCUT2D eigenvalue weighted by Gasteiger charge is -2.17. The topological polar surface area (TPSA) is 43.6 Å². The second kappa shape index (κ2) is 4.35. The SMILES string of the molecule is CC1(C)OCC(CNCc2ccco2)O1. The first-order valence-electron chi connectivity index (χ1n) is 5.20. The van der Waals surface area contributed by atoms with Gasteiger partial charge in [-0.1, -0.05) is 0 Å². The molecule has 0 radical (unpaired) electrons. The van der Waals surface area contributed by atoms with Crippen LogP contribution in [0.15, 0.2) is 22.8 Å². The molecule has 1 unspecified atom stereocenters. The van der Waals surface area contributed by atoms with Crippen molar-refractivity contribution in [1.29, 1.82) is 0 Å². The van der Waals surface area contributed by atoms with E-state index in [0.29, 0.717) is 6.61 Å². The Morgan fingerprint density at radius 1 is 1.53 bits per heavy atom. The van der Waals surface area contributed by atoms with Crippen LogP contribution in [-0.2, 0) is 16.0 Å². The van der Waals surface area contributed by atoms with Crippen LogP contribution in [0.5, 0.6) is 0 Å². The molecular formula is C11H17NO3. The minimum Gasteiger partial charge on any atom is -0.468 e. The van der Waals surface area contributed by atoms with Gasteiger partial charge in [-0.15, -0.1) is 0 Å². The number of rotatable bonds is 4. The largest absolute Gasteiger partial charge is 0.468 e. The molecule has 15 heavy (non-hydrogen) atoms. The highest BCUT2D eigenvalue weighted by Gasteiger charge is 2.32. The highest BCUT2D eigenvalue weighted by molar-refractivity contribution is 4.97. The van der Waals surface area contributed by atoms with E-state index in [0.717, 1.165) is 18.8 Å². The Balaban J connectivity index is 1.67. The third-order valence-corrected chi connectivity index (χ3v) is 2.32. The summed E-state index contributed by atoms with van der Waals surface area (Å²) < 4.78 is 16.3. The molecule has 4 nitrogen and oxygen atoms in total. The van der Waals surface area contributed by atoms with Gasteiger partial charge >= 0.3 is 0 Å². The van der Waals surface area contributed by atoms with Gasteiger partial charge in [-0.3, -0.25) is 0 Å². The normalized spacial score (nSPS) is 24.5. The van der Waals surface area contributed by atoms with E-state index in [1.54, 1.807) is 6.26 Å². The second-order valence-electron chi connectivity index (χ2n) is 4.16. The maximum atomic E-state index is 5.65. The minimum absolute atomic E-state index is 0.134. The monoisotopic (exact) mass is 211 g/mol. The van der Waals surface area contributed by atoms with Gasteiger partial charge in [-0.05, 0) is 26.0 Å².